The minimum Gasteiger partial charge on any atom is -0.369 e. The third-order valence-corrected chi connectivity index (χ3v) is 6.94. The molecular weight excluding hydrogens is 426 g/mol. The van der Waals surface area contributed by atoms with Crippen molar-refractivity contribution < 1.29 is 17.2 Å². The SMILES string of the molecule is Cc1ccc(F)c(N2CCC(NS(=O)(=O)c3ccc(F)cc3Br)CC2)c1. The van der Waals surface area contributed by atoms with Crippen LogP contribution < -0.4 is 9.62 Å². The standard InChI is InChI=1S/C18H19BrF2N2O2S/c1-12-2-4-16(21)17(10-12)23-8-6-14(7-9-23)22-26(24,25)18-5-3-13(20)11-15(18)19/h2-5,10-11,14,22H,6-9H2,1H3. The van der Waals surface area contributed by atoms with Gasteiger partial charge < -0.3 is 4.90 Å². The van der Waals surface area contributed by atoms with Crippen LogP contribution >= 0.6 is 15.9 Å². The smallest absolute Gasteiger partial charge is 0.241 e. The first kappa shape index (κ1) is 19.3. The highest BCUT2D eigenvalue weighted by atomic mass is 79.9. The number of benzene rings is 2. The van der Waals surface area contributed by atoms with Crippen molar-refractivity contribution in [3.05, 3.63) is 58.1 Å². The lowest BCUT2D eigenvalue weighted by atomic mass is 10.0. The summed E-state index contributed by atoms with van der Waals surface area (Å²) in [5.74, 6) is -0.783. The van der Waals surface area contributed by atoms with Crippen molar-refractivity contribution in [2.75, 3.05) is 18.0 Å². The fourth-order valence-electron chi connectivity index (χ4n) is 3.08. The molecule has 0 atom stereocenters. The molecule has 2 aromatic carbocycles. The highest BCUT2D eigenvalue weighted by Gasteiger charge is 2.27. The second-order valence-electron chi connectivity index (χ2n) is 6.41. The number of nitrogens with zero attached hydrogens (tertiary/aromatic N) is 1. The fraction of sp³-hybridized carbons (Fsp3) is 0.333. The summed E-state index contributed by atoms with van der Waals surface area (Å²) in [6.07, 6.45) is 1.12. The molecule has 1 N–H and O–H groups in total. The van der Waals surface area contributed by atoms with Crippen molar-refractivity contribution in [1.29, 1.82) is 0 Å². The van der Waals surface area contributed by atoms with E-state index in [-0.39, 0.29) is 21.2 Å². The fourth-order valence-corrected chi connectivity index (χ4v) is 5.43. The summed E-state index contributed by atoms with van der Waals surface area (Å²) in [6, 6.07) is 8.20. The molecule has 0 saturated carbocycles. The molecule has 140 valence electrons. The molecule has 1 heterocycles. The van der Waals surface area contributed by atoms with E-state index in [1.165, 1.54) is 12.1 Å². The number of hydrogen-bond acceptors (Lipinski definition) is 3. The molecule has 8 heteroatoms. The van der Waals surface area contributed by atoms with Crippen molar-refractivity contribution >= 4 is 31.6 Å². The van der Waals surface area contributed by atoms with Gasteiger partial charge in [0.05, 0.1) is 10.6 Å². The van der Waals surface area contributed by atoms with E-state index in [0.29, 0.717) is 31.6 Å². The van der Waals surface area contributed by atoms with Crippen molar-refractivity contribution in [2.45, 2.75) is 30.7 Å². The summed E-state index contributed by atoms with van der Waals surface area (Å²) < 4.78 is 55.2. The molecule has 0 spiro atoms. The Bertz CT molecular complexity index is 913. The molecule has 1 fully saturated rings. The average Bonchev–Trinajstić information content (AvgIpc) is 2.57. The predicted octanol–water partition coefficient (Wildman–Crippen LogP) is 3.98. The molecule has 1 aliphatic heterocycles. The Kier molecular flexibility index (Phi) is 5.64. The number of nitrogens with one attached hydrogen (secondary N) is 1. The van der Waals surface area contributed by atoms with E-state index in [9.17, 15) is 17.2 Å². The first-order valence-corrected chi connectivity index (χ1v) is 10.5. The van der Waals surface area contributed by atoms with E-state index in [4.69, 9.17) is 0 Å². The van der Waals surface area contributed by atoms with E-state index in [0.717, 1.165) is 17.7 Å². The second-order valence-corrected chi connectivity index (χ2v) is 8.95. The van der Waals surface area contributed by atoms with E-state index < -0.39 is 15.8 Å². The van der Waals surface area contributed by atoms with Crippen LogP contribution in [-0.2, 0) is 10.0 Å². The molecule has 2 aromatic rings. The molecule has 0 aliphatic carbocycles. The maximum atomic E-state index is 14.0. The van der Waals surface area contributed by atoms with Crippen LogP contribution in [-0.4, -0.2) is 27.5 Å². The van der Waals surface area contributed by atoms with Crippen LogP contribution in [0.4, 0.5) is 14.5 Å². The van der Waals surface area contributed by atoms with Crippen molar-refractivity contribution in [1.82, 2.24) is 4.72 Å². The third-order valence-electron chi connectivity index (χ3n) is 4.44. The molecule has 26 heavy (non-hydrogen) atoms. The summed E-state index contributed by atoms with van der Waals surface area (Å²) >= 11 is 3.09. The number of sulfonamides is 1. The minimum atomic E-state index is -3.76. The van der Waals surface area contributed by atoms with Gasteiger partial charge in [-0.25, -0.2) is 21.9 Å². The van der Waals surface area contributed by atoms with E-state index >= 15 is 0 Å². The average molecular weight is 445 g/mol. The van der Waals surface area contributed by atoms with Crippen molar-refractivity contribution in [3.8, 4) is 0 Å². The van der Waals surface area contributed by atoms with Gasteiger partial charge in [-0.2, -0.15) is 0 Å². The lowest BCUT2D eigenvalue weighted by molar-refractivity contribution is 0.456. The quantitative estimate of drug-likeness (QED) is 0.775. The Hall–Kier alpha value is -1.51. The summed E-state index contributed by atoms with van der Waals surface area (Å²) in [5, 5.41) is 0. The molecule has 1 aliphatic rings. The van der Waals surface area contributed by atoms with Gasteiger partial charge in [0, 0.05) is 23.6 Å². The maximum absolute atomic E-state index is 14.0. The largest absolute Gasteiger partial charge is 0.369 e. The van der Waals surface area contributed by atoms with Crippen LogP contribution in [0.2, 0.25) is 0 Å². The summed E-state index contributed by atoms with van der Waals surface area (Å²) in [7, 11) is -3.76. The zero-order chi connectivity index (χ0) is 18.9. The molecular formula is C18H19BrF2N2O2S. The Balaban J connectivity index is 1.67. The monoisotopic (exact) mass is 444 g/mol. The first-order valence-electron chi connectivity index (χ1n) is 8.25. The van der Waals surface area contributed by atoms with Gasteiger partial charge in [0.2, 0.25) is 10.0 Å². The van der Waals surface area contributed by atoms with E-state index in [1.54, 1.807) is 12.1 Å². The van der Waals surface area contributed by atoms with Gasteiger partial charge in [-0.15, -0.1) is 0 Å². The Morgan fingerprint density at radius 2 is 1.81 bits per heavy atom. The van der Waals surface area contributed by atoms with Crippen LogP contribution in [0.5, 0.6) is 0 Å². The molecule has 0 bridgehead atoms. The zero-order valence-electron chi connectivity index (χ0n) is 14.2. The van der Waals surface area contributed by atoms with Crippen LogP contribution in [0.15, 0.2) is 45.8 Å². The van der Waals surface area contributed by atoms with Gasteiger partial charge in [0.25, 0.3) is 0 Å². The van der Waals surface area contributed by atoms with Gasteiger partial charge in [-0.3, -0.25) is 0 Å². The molecule has 0 amide bonds. The van der Waals surface area contributed by atoms with Gasteiger partial charge in [0.15, 0.2) is 0 Å². The number of aryl methyl sites for hydroxylation is 1. The normalized spacial score (nSPS) is 16.1. The van der Waals surface area contributed by atoms with Crippen molar-refractivity contribution in [3.63, 3.8) is 0 Å². The van der Waals surface area contributed by atoms with Crippen LogP contribution in [0.1, 0.15) is 18.4 Å². The lowest BCUT2D eigenvalue weighted by Gasteiger charge is -2.34. The van der Waals surface area contributed by atoms with Gasteiger partial charge in [-0.1, -0.05) is 6.07 Å². The number of anilines is 1. The maximum Gasteiger partial charge on any atom is 0.241 e. The molecule has 3 rings (SSSR count). The highest BCUT2D eigenvalue weighted by Crippen LogP contribution is 2.26. The summed E-state index contributed by atoms with van der Waals surface area (Å²) in [4.78, 5) is 1.94. The van der Waals surface area contributed by atoms with E-state index in [2.05, 4.69) is 20.7 Å². The Morgan fingerprint density at radius 1 is 1.12 bits per heavy atom. The topological polar surface area (TPSA) is 49.4 Å². The number of halogens is 3. The number of rotatable bonds is 4. The van der Waals surface area contributed by atoms with Crippen molar-refractivity contribution in [2.24, 2.45) is 0 Å². The molecule has 0 radical (unpaired) electrons. The Labute approximate surface area is 160 Å². The molecule has 0 aromatic heterocycles. The number of piperidine rings is 1. The molecule has 1 saturated heterocycles. The van der Waals surface area contributed by atoms with Gasteiger partial charge in [-0.05, 0) is 71.6 Å². The van der Waals surface area contributed by atoms with Crippen LogP contribution in [0.3, 0.4) is 0 Å². The van der Waals surface area contributed by atoms with Crippen LogP contribution in [0.25, 0.3) is 0 Å². The minimum absolute atomic E-state index is 0.00561. The van der Waals surface area contributed by atoms with Gasteiger partial charge >= 0.3 is 0 Å². The summed E-state index contributed by atoms with van der Waals surface area (Å²) in [6.45, 7) is 3.01. The third kappa shape index (κ3) is 4.24. The predicted molar refractivity (Wildman–Crippen MR) is 101 cm³/mol. The number of hydrogen-bond donors (Lipinski definition) is 1. The molecule has 4 nitrogen and oxygen atoms in total. The Morgan fingerprint density at radius 3 is 2.46 bits per heavy atom. The van der Waals surface area contributed by atoms with Crippen LogP contribution in [0, 0.1) is 18.6 Å². The molecule has 0 unspecified atom stereocenters. The van der Waals surface area contributed by atoms with E-state index in [1.807, 2.05) is 11.8 Å². The highest BCUT2D eigenvalue weighted by molar-refractivity contribution is 9.10. The lowest BCUT2D eigenvalue weighted by Crippen LogP contribution is -2.45. The zero-order valence-corrected chi connectivity index (χ0v) is 16.6. The summed E-state index contributed by atoms with van der Waals surface area (Å²) in [5.41, 5.74) is 1.53. The van der Waals surface area contributed by atoms with Gasteiger partial charge in [0.1, 0.15) is 11.6 Å². The second kappa shape index (κ2) is 7.62. The first-order chi connectivity index (χ1) is 12.3.